The van der Waals surface area contributed by atoms with Crippen LogP contribution in [0.3, 0.4) is 0 Å². The zero-order valence-corrected chi connectivity index (χ0v) is 12.0. The van der Waals surface area contributed by atoms with E-state index < -0.39 is 11.3 Å². The first kappa shape index (κ1) is 14.0. The number of rotatable bonds is 4. The second-order valence-electron chi connectivity index (χ2n) is 6.12. The Morgan fingerprint density at radius 2 is 1.81 bits per heavy atom. The molecule has 1 aromatic carbocycles. The lowest BCUT2D eigenvalue weighted by Gasteiger charge is -2.27. The predicted octanol–water partition coefficient (Wildman–Crippen LogP) is 2.32. The molecule has 2 aliphatic rings. The van der Waals surface area contributed by atoms with E-state index in [4.69, 9.17) is 0 Å². The van der Waals surface area contributed by atoms with E-state index in [0.29, 0.717) is 6.54 Å². The van der Waals surface area contributed by atoms with E-state index in [2.05, 4.69) is 0 Å². The smallest absolute Gasteiger partial charge is 0.234 e. The number of carbonyl (C=O) groups excluding carboxylic acids is 3. The molecule has 1 saturated heterocycles. The van der Waals surface area contributed by atoms with Crippen molar-refractivity contribution < 1.29 is 14.4 Å². The molecule has 0 spiro atoms. The van der Waals surface area contributed by atoms with Gasteiger partial charge < -0.3 is 4.79 Å². The average molecular weight is 285 g/mol. The van der Waals surface area contributed by atoms with E-state index in [1.807, 2.05) is 30.3 Å². The van der Waals surface area contributed by atoms with Crippen molar-refractivity contribution in [1.82, 2.24) is 4.90 Å². The summed E-state index contributed by atoms with van der Waals surface area (Å²) < 4.78 is 0. The summed E-state index contributed by atoms with van der Waals surface area (Å²) in [5, 5.41) is 0. The summed E-state index contributed by atoms with van der Waals surface area (Å²) in [5.74, 6) is -0.770. The fourth-order valence-electron chi connectivity index (χ4n) is 3.65. The van der Waals surface area contributed by atoms with E-state index in [0.717, 1.165) is 37.5 Å². The molecule has 3 rings (SSSR count). The van der Waals surface area contributed by atoms with E-state index in [1.165, 1.54) is 4.90 Å². The van der Waals surface area contributed by atoms with Crippen LogP contribution in [0.15, 0.2) is 30.3 Å². The zero-order chi connectivity index (χ0) is 14.9. The molecule has 0 bridgehead atoms. The molecule has 0 aromatic heterocycles. The van der Waals surface area contributed by atoms with Gasteiger partial charge in [0.1, 0.15) is 6.29 Å². The highest BCUT2D eigenvalue weighted by Crippen LogP contribution is 2.47. The largest absolute Gasteiger partial charge is 0.303 e. The molecule has 1 saturated carbocycles. The number of likely N-dealkylation sites (tertiary alicyclic amines) is 1. The predicted molar refractivity (Wildman–Crippen MR) is 77.1 cm³/mol. The van der Waals surface area contributed by atoms with Crippen LogP contribution in [0.1, 0.15) is 37.7 Å². The summed E-state index contributed by atoms with van der Waals surface area (Å²) >= 11 is 0. The van der Waals surface area contributed by atoms with E-state index in [9.17, 15) is 14.4 Å². The van der Waals surface area contributed by atoms with Crippen molar-refractivity contribution in [2.75, 3.05) is 0 Å². The Morgan fingerprint density at radius 3 is 2.43 bits per heavy atom. The molecule has 1 aliphatic carbocycles. The number of benzene rings is 1. The van der Waals surface area contributed by atoms with Gasteiger partial charge in [-0.1, -0.05) is 43.2 Å². The van der Waals surface area contributed by atoms with Gasteiger partial charge in [0.2, 0.25) is 11.8 Å². The Balaban J connectivity index is 1.81. The van der Waals surface area contributed by atoms with Crippen LogP contribution in [-0.2, 0) is 20.9 Å². The van der Waals surface area contributed by atoms with Crippen molar-refractivity contribution in [2.24, 2.45) is 11.3 Å². The maximum Gasteiger partial charge on any atom is 0.234 e. The molecule has 0 unspecified atom stereocenters. The molecule has 1 aromatic rings. The molecule has 4 heteroatoms. The van der Waals surface area contributed by atoms with Crippen molar-refractivity contribution >= 4 is 18.1 Å². The molecule has 1 atom stereocenters. The number of imide groups is 1. The molecular weight excluding hydrogens is 266 g/mol. The SMILES string of the molecule is O=CC1([C@@H]2CC(=O)N(Cc3ccccc3)C2=O)CCCC1. The zero-order valence-electron chi connectivity index (χ0n) is 12.0. The van der Waals surface area contributed by atoms with Gasteiger partial charge in [-0.3, -0.25) is 14.5 Å². The van der Waals surface area contributed by atoms with Gasteiger partial charge in [0, 0.05) is 11.8 Å². The Kier molecular flexibility index (Phi) is 3.62. The first-order chi connectivity index (χ1) is 10.2. The highest BCUT2D eigenvalue weighted by molar-refractivity contribution is 6.05. The van der Waals surface area contributed by atoms with Crippen LogP contribution in [0.5, 0.6) is 0 Å². The topological polar surface area (TPSA) is 54.5 Å². The van der Waals surface area contributed by atoms with E-state index >= 15 is 0 Å². The third-order valence-electron chi connectivity index (χ3n) is 4.89. The molecule has 2 amide bonds. The van der Waals surface area contributed by atoms with E-state index in [1.54, 1.807) is 0 Å². The van der Waals surface area contributed by atoms with Crippen LogP contribution in [0.2, 0.25) is 0 Å². The second-order valence-corrected chi connectivity index (χ2v) is 6.12. The van der Waals surface area contributed by atoms with Crippen molar-refractivity contribution in [1.29, 1.82) is 0 Å². The van der Waals surface area contributed by atoms with Gasteiger partial charge >= 0.3 is 0 Å². The summed E-state index contributed by atoms with van der Waals surface area (Å²) in [6.07, 6.45) is 4.52. The highest BCUT2D eigenvalue weighted by atomic mass is 16.2. The lowest BCUT2D eigenvalue weighted by atomic mass is 9.74. The molecular formula is C17H19NO3. The van der Waals surface area contributed by atoms with Crippen molar-refractivity contribution in [3.05, 3.63) is 35.9 Å². The fraction of sp³-hybridized carbons (Fsp3) is 0.471. The van der Waals surface area contributed by atoms with Crippen molar-refractivity contribution in [3.63, 3.8) is 0 Å². The van der Waals surface area contributed by atoms with Crippen LogP contribution in [0.4, 0.5) is 0 Å². The standard InChI is InChI=1S/C17H19NO3/c19-12-17(8-4-5-9-17)14-10-15(20)18(16(14)21)11-13-6-2-1-3-7-13/h1-3,6-7,12,14H,4-5,8-11H2/t14-/m1/s1. The van der Waals surface area contributed by atoms with Gasteiger partial charge in [-0.2, -0.15) is 0 Å². The molecule has 0 radical (unpaired) electrons. The number of nitrogens with zero attached hydrogens (tertiary/aromatic N) is 1. The monoisotopic (exact) mass is 285 g/mol. The second kappa shape index (κ2) is 5.43. The lowest BCUT2D eigenvalue weighted by molar-refractivity contribution is -0.142. The minimum atomic E-state index is -0.599. The van der Waals surface area contributed by atoms with E-state index in [-0.39, 0.29) is 18.2 Å². The number of amides is 2. The normalized spacial score (nSPS) is 24.6. The summed E-state index contributed by atoms with van der Waals surface area (Å²) in [5.41, 5.74) is 0.337. The van der Waals surface area contributed by atoms with Gasteiger partial charge in [-0.25, -0.2) is 0 Å². The van der Waals surface area contributed by atoms with Gasteiger partial charge in [0.15, 0.2) is 0 Å². The number of carbonyl (C=O) groups is 3. The molecule has 21 heavy (non-hydrogen) atoms. The first-order valence-electron chi connectivity index (χ1n) is 7.51. The Labute approximate surface area is 124 Å². The third kappa shape index (κ3) is 2.39. The third-order valence-corrected chi connectivity index (χ3v) is 4.89. The fourth-order valence-corrected chi connectivity index (χ4v) is 3.65. The Bertz CT molecular complexity index is 561. The minimum Gasteiger partial charge on any atom is -0.303 e. The van der Waals surface area contributed by atoms with Gasteiger partial charge in [-0.05, 0) is 18.4 Å². The van der Waals surface area contributed by atoms with Crippen LogP contribution >= 0.6 is 0 Å². The van der Waals surface area contributed by atoms with Gasteiger partial charge in [0.05, 0.1) is 12.5 Å². The summed E-state index contributed by atoms with van der Waals surface area (Å²) in [6, 6.07) is 9.49. The lowest BCUT2D eigenvalue weighted by Crippen LogP contribution is -2.37. The molecule has 1 heterocycles. The quantitative estimate of drug-likeness (QED) is 0.630. The number of hydrogen-bond acceptors (Lipinski definition) is 3. The Hall–Kier alpha value is -1.97. The van der Waals surface area contributed by atoms with Crippen molar-refractivity contribution in [3.8, 4) is 0 Å². The molecule has 0 N–H and O–H groups in total. The number of hydrogen-bond donors (Lipinski definition) is 0. The number of aldehydes is 1. The average Bonchev–Trinajstić information content (AvgIpc) is 3.09. The molecule has 4 nitrogen and oxygen atoms in total. The summed E-state index contributed by atoms with van der Waals surface area (Å²) in [7, 11) is 0. The van der Waals surface area contributed by atoms with Crippen molar-refractivity contribution in [2.45, 2.75) is 38.6 Å². The van der Waals surface area contributed by atoms with Gasteiger partial charge in [0.25, 0.3) is 0 Å². The molecule has 2 fully saturated rings. The maximum absolute atomic E-state index is 12.6. The Morgan fingerprint density at radius 1 is 1.14 bits per heavy atom. The summed E-state index contributed by atoms with van der Waals surface area (Å²) in [4.78, 5) is 37.7. The molecule has 110 valence electrons. The van der Waals surface area contributed by atoms with Crippen LogP contribution in [0.25, 0.3) is 0 Å². The van der Waals surface area contributed by atoms with Crippen LogP contribution < -0.4 is 0 Å². The van der Waals surface area contributed by atoms with Crippen LogP contribution in [-0.4, -0.2) is 23.0 Å². The van der Waals surface area contributed by atoms with Crippen LogP contribution in [0, 0.1) is 11.3 Å². The maximum atomic E-state index is 12.6. The minimum absolute atomic E-state index is 0.151. The summed E-state index contributed by atoms with van der Waals surface area (Å²) in [6.45, 7) is 0.309. The van der Waals surface area contributed by atoms with Gasteiger partial charge in [-0.15, -0.1) is 0 Å². The molecule has 1 aliphatic heterocycles. The highest BCUT2D eigenvalue weighted by Gasteiger charge is 2.52. The first-order valence-corrected chi connectivity index (χ1v) is 7.51.